The molecule has 27 heavy (non-hydrogen) atoms. The van der Waals surface area contributed by atoms with Crippen LogP contribution in [0.15, 0.2) is 48.7 Å². The van der Waals surface area contributed by atoms with Crippen LogP contribution in [0.4, 0.5) is 14.6 Å². The molecule has 0 bridgehead atoms. The first-order chi connectivity index (χ1) is 13.0. The molecule has 0 unspecified atom stereocenters. The van der Waals surface area contributed by atoms with Gasteiger partial charge in [0.2, 0.25) is 0 Å². The van der Waals surface area contributed by atoms with Crippen LogP contribution in [0.2, 0.25) is 0 Å². The number of nitrogens with one attached hydrogen (secondary N) is 1. The Morgan fingerprint density at radius 2 is 1.74 bits per heavy atom. The second kappa shape index (κ2) is 6.46. The van der Waals surface area contributed by atoms with Gasteiger partial charge in [0.05, 0.1) is 0 Å². The fourth-order valence-corrected chi connectivity index (χ4v) is 3.39. The van der Waals surface area contributed by atoms with Gasteiger partial charge in [-0.05, 0) is 53.1 Å². The van der Waals surface area contributed by atoms with Crippen LogP contribution in [-0.2, 0) is 6.54 Å². The number of hydrogen-bond donors (Lipinski definition) is 1. The van der Waals surface area contributed by atoms with Crippen LogP contribution < -0.4 is 10.2 Å². The van der Waals surface area contributed by atoms with Crippen LogP contribution in [0.25, 0.3) is 22.3 Å². The average molecular weight is 365 g/mol. The number of carbonyl (C=O) groups excluding carboxylic acids is 1. The van der Waals surface area contributed by atoms with Gasteiger partial charge in [0.25, 0.3) is 5.91 Å². The quantitative estimate of drug-likeness (QED) is 0.763. The molecule has 0 atom stereocenters. The first-order valence-corrected chi connectivity index (χ1v) is 8.49. The molecule has 136 valence electrons. The van der Waals surface area contributed by atoms with E-state index in [9.17, 15) is 13.6 Å². The lowest BCUT2D eigenvalue weighted by molar-refractivity contribution is 0.0966. The number of hydrogen-bond acceptors (Lipinski definition) is 3. The average Bonchev–Trinajstić information content (AvgIpc) is 3.01. The van der Waals surface area contributed by atoms with E-state index in [0.717, 1.165) is 28.6 Å². The Balaban J connectivity index is 2.03. The topological polar surface area (TPSA) is 45.2 Å². The Hall–Kier alpha value is -3.28. The summed E-state index contributed by atoms with van der Waals surface area (Å²) < 4.78 is 28.0. The second-order valence-corrected chi connectivity index (χ2v) is 6.63. The normalized spacial score (nSPS) is 12.7. The molecule has 4 rings (SSSR count). The SMILES string of the molecule is CN(C)c1ncccc1-c1cc2c(cc1-c1ccc(F)cc1F)C(=O)NC2. The van der Waals surface area contributed by atoms with Crippen LogP contribution >= 0.6 is 0 Å². The molecule has 0 spiro atoms. The number of pyridine rings is 1. The summed E-state index contributed by atoms with van der Waals surface area (Å²) in [5.74, 6) is -0.796. The van der Waals surface area contributed by atoms with E-state index in [4.69, 9.17) is 0 Å². The smallest absolute Gasteiger partial charge is 0.251 e. The summed E-state index contributed by atoms with van der Waals surface area (Å²) in [4.78, 5) is 18.4. The molecule has 1 aromatic heterocycles. The van der Waals surface area contributed by atoms with Gasteiger partial charge in [0, 0.05) is 49.6 Å². The molecule has 0 fully saturated rings. The van der Waals surface area contributed by atoms with Crippen molar-refractivity contribution in [2.75, 3.05) is 19.0 Å². The first-order valence-electron chi connectivity index (χ1n) is 8.49. The highest BCUT2D eigenvalue weighted by Gasteiger charge is 2.24. The van der Waals surface area contributed by atoms with Crippen molar-refractivity contribution >= 4 is 11.7 Å². The van der Waals surface area contributed by atoms with Gasteiger partial charge in [-0.1, -0.05) is 0 Å². The lowest BCUT2D eigenvalue weighted by Crippen LogP contribution is -2.12. The largest absolute Gasteiger partial charge is 0.362 e. The summed E-state index contributed by atoms with van der Waals surface area (Å²) in [7, 11) is 3.75. The van der Waals surface area contributed by atoms with E-state index in [1.54, 1.807) is 12.3 Å². The maximum Gasteiger partial charge on any atom is 0.251 e. The van der Waals surface area contributed by atoms with E-state index in [0.29, 0.717) is 17.7 Å². The number of amides is 1. The van der Waals surface area contributed by atoms with Crippen LogP contribution in [0.1, 0.15) is 15.9 Å². The van der Waals surface area contributed by atoms with Gasteiger partial charge in [0.15, 0.2) is 0 Å². The molecule has 2 heterocycles. The van der Waals surface area contributed by atoms with E-state index in [1.165, 1.54) is 12.1 Å². The van der Waals surface area contributed by atoms with Gasteiger partial charge in [-0.15, -0.1) is 0 Å². The third-order valence-electron chi connectivity index (χ3n) is 4.65. The predicted octanol–water partition coefficient (Wildman–Crippen LogP) is 4.00. The highest BCUT2D eigenvalue weighted by molar-refractivity contribution is 6.02. The molecule has 0 saturated carbocycles. The van der Waals surface area contributed by atoms with Gasteiger partial charge in [-0.3, -0.25) is 4.79 Å². The Kier molecular flexibility index (Phi) is 4.11. The van der Waals surface area contributed by atoms with Crippen molar-refractivity contribution in [2.24, 2.45) is 0 Å². The van der Waals surface area contributed by atoms with E-state index in [1.807, 2.05) is 37.2 Å². The van der Waals surface area contributed by atoms with E-state index in [2.05, 4.69) is 10.3 Å². The minimum atomic E-state index is -0.676. The third kappa shape index (κ3) is 2.93. The summed E-state index contributed by atoms with van der Waals surface area (Å²) in [6.45, 7) is 0.422. The number of halogens is 2. The minimum Gasteiger partial charge on any atom is -0.362 e. The Bertz CT molecular complexity index is 1060. The van der Waals surface area contributed by atoms with Gasteiger partial charge in [-0.25, -0.2) is 13.8 Å². The van der Waals surface area contributed by atoms with Crippen LogP contribution in [0.3, 0.4) is 0 Å². The number of fused-ring (bicyclic) bond motifs is 1. The summed E-state index contributed by atoms with van der Waals surface area (Å²) in [6.07, 6.45) is 1.69. The zero-order chi connectivity index (χ0) is 19.1. The van der Waals surface area contributed by atoms with E-state index < -0.39 is 11.6 Å². The molecule has 3 aromatic rings. The molecule has 1 N–H and O–H groups in total. The Morgan fingerprint density at radius 3 is 2.48 bits per heavy atom. The molecule has 1 aliphatic rings. The third-order valence-corrected chi connectivity index (χ3v) is 4.65. The summed E-state index contributed by atoms with van der Waals surface area (Å²) in [6, 6.07) is 10.7. The van der Waals surface area contributed by atoms with Crippen molar-refractivity contribution in [3.63, 3.8) is 0 Å². The number of aromatic nitrogens is 1. The monoisotopic (exact) mass is 365 g/mol. The van der Waals surface area contributed by atoms with Crippen LogP contribution in [0, 0.1) is 11.6 Å². The molecule has 0 radical (unpaired) electrons. The first kappa shape index (κ1) is 17.1. The molecular weight excluding hydrogens is 348 g/mol. The van der Waals surface area contributed by atoms with Crippen molar-refractivity contribution in [3.8, 4) is 22.3 Å². The lowest BCUT2D eigenvalue weighted by Gasteiger charge is -2.19. The lowest BCUT2D eigenvalue weighted by atomic mass is 9.90. The molecule has 6 heteroatoms. The van der Waals surface area contributed by atoms with Crippen molar-refractivity contribution in [3.05, 3.63) is 71.4 Å². The molecule has 0 aliphatic carbocycles. The number of rotatable bonds is 3. The number of benzene rings is 2. The van der Waals surface area contributed by atoms with Gasteiger partial charge < -0.3 is 10.2 Å². The maximum atomic E-state index is 14.6. The summed E-state index contributed by atoms with van der Waals surface area (Å²) >= 11 is 0. The van der Waals surface area contributed by atoms with Crippen LogP contribution in [0.5, 0.6) is 0 Å². The fourth-order valence-electron chi connectivity index (χ4n) is 3.39. The molecule has 2 aromatic carbocycles. The van der Waals surface area contributed by atoms with Gasteiger partial charge in [-0.2, -0.15) is 0 Å². The highest BCUT2D eigenvalue weighted by atomic mass is 19.1. The minimum absolute atomic E-state index is 0.195. The zero-order valence-electron chi connectivity index (χ0n) is 14.9. The fraction of sp³-hybridized carbons (Fsp3) is 0.143. The summed E-state index contributed by atoms with van der Waals surface area (Å²) in [5.41, 5.74) is 3.67. The number of nitrogens with zero attached hydrogens (tertiary/aromatic N) is 2. The molecule has 1 amide bonds. The number of anilines is 1. The van der Waals surface area contributed by atoms with Crippen molar-refractivity contribution < 1.29 is 13.6 Å². The van der Waals surface area contributed by atoms with Crippen molar-refractivity contribution in [1.29, 1.82) is 0 Å². The maximum absolute atomic E-state index is 14.6. The predicted molar refractivity (Wildman–Crippen MR) is 101 cm³/mol. The second-order valence-electron chi connectivity index (χ2n) is 6.63. The molecule has 4 nitrogen and oxygen atoms in total. The number of carbonyl (C=O) groups is 1. The Morgan fingerprint density at radius 1 is 0.963 bits per heavy atom. The molecule has 0 saturated heterocycles. The van der Waals surface area contributed by atoms with E-state index in [-0.39, 0.29) is 11.5 Å². The van der Waals surface area contributed by atoms with E-state index >= 15 is 0 Å². The molecule has 1 aliphatic heterocycles. The van der Waals surface area contributed by atoms with Crippen molar-refractivity contribution in [1.82, 2.24) is 10.3 Å². The molecular formula is C21H17F2N3O. The Labute approximate surface area is 155 Å². The standard InChI is InChI=1S/C21H17F2N3O/c1-26(2)20-15(4-3-7-24-20)17-8-12-11-25-21(27)16(12)10-18(17)14-6-5-13(22)9-19(14)23/h3-10H,11H2,1-2H3,(H,25,27). The van der Waals surface area contributed by atoms with Gasteiger partial charge >= 0.3 is 0 Å². The van der Waals surface area contributed by atoms with Crippen molar-refractivity contribution in [2.45, 2.75) is 6.54 Å². The summed E-state index contributed by atoms with van der Waals surface area (Å²) in [5, 5.41) is 2.78. The van der Waals surface area contributed by atoms with Crippen LogP contribution in [-0.4, -0.2) is 25.0 Å². The zero-order valence-corrected chi connectivity index (χ0v) is 14.9. The van der Waals surface area contributed by atoms with Gasteiger partial charge in [0.1, 0.15) is 17.5 Å². The highest BCUT2D eigenvalue weighted by Crippen LogP contribution is 2.40.